The summed E-state index contributed by atoms with van der Waals surface area (Å²) in [6.07, 6.45) is 4.07. The van der Waals surface area contributed by atoms with Crippen molar-refractivity contribution in [2.24, 2.45) is 11.7 Å². The van der Waals surface area contributed by atoms with Crippen molar-refractivity contribution in [3.63, 3.8) is 0 Å². The molecule has 0 fully saturated rings. The number of unbranched alkanes of at least 4 members (excludes halogenated alkanes) is 1. The lowest BCUT2D eigenvalue weighted by molar-refractivity contribution is -0.125. The Bertz CT molecular complexity index is 217. The van der Waals surface area contributed by atoms with Crippen molar-refractivity contribution in [2.45, 2.75) is 58.5 Å². The second kappa shape index (κ2) is 8.28. The van der Waals surface area contributed by atoms with Gasteiger partial charge in [-0.15, -0.1) is 0 Å². The van der Waals surface area contributed by atoms with Crippen LogP contribution in [0, 0.1) is 5.92 Å². The van der Waals surface area contributed by atoms with Gasteiger partial charge in [-0.25, -0.2) is 0 Å². The van der Waals surface area contributed by atoms with E-state index in [0.29, 0.717) is 18.8 Å². The van der Waals surface area contributed by atoms with Crippen LogP contribution < -0.4 is 11.1 Å². The summed E-state index contributed by atoms with van der Waals surface area (Å²) >= 11 is 0. The van der Waals surface area contributed by atoms with Crippen molar-refractivity contribution in [1.82, 2.24) is 5.32 Å². The lowest BCUT2D eigenvalue weighted by atomic mass is 10.0. The third-order valence-electron chi connectivity index (χ3n) is 2.42. The lowest BCUT2D eigenvalue weighted by Crippen LogP contribution is -2.46. The highest BCUT2D eigenvalue weighted by molar-refractivity contribution is 5.84. The molecule has 4 nitrogen and oxygen atoms in total. The third-order valence-corrected chi connectivity index (χ3v) is 2.42. The first-order chi connectivity index (χ1) is 7.51. The molecule has 0 radical (unpaired) electrons. The maximum absolute atomic E-state index is 11.6. The number of hydrogen-bond acceptors (Lipinski definition) is 3. The van der Waals surface area contributed by atoms with Crippen LogP contribution in [0.4, 0.5) is 0 Å². The Kier molecular flexibility index (Phi) is 7.81. The summed E-state index contributed by atoms with van der Waals surface area (Å²) in [6, 6.07) is -0.894. The summed E-state index contributed by atoms with van der Waals surface area (Å²) < 4.78 is 0. The van der Waals surface area contributed by atoms with Gasteiger partial charge in [-0.1, -0.05) is 33.6 Å². The molecule has 2 atom stereocenters. The van der Waals surface area contributed by atoms with Gasteiger partial charge < -0.3 is 15.8 Å². The fourth-order valence-electron chi connectivity index (χ4n) is 1.50. The molecule has 0 heterocycles. The minimum absolute atomic E-state index is 0.220. The Labute approximate surface area is 98.0 Å². The zero-order valence-corrected chi connectivity index (χ0v) is 10.5. The van der Waals surface area contributed by atoms with Crippen LogP contribution in [0.5, 0.6) is 0 Å². The molecular formula is C12H24N2O2. The normalized spacial score (nSPS) is 14.6. The topological polar surface area (TPSA) is 72.2 Å². The Hall–Kier alpha value is -0.900. The Morgan fingerprint density at radius 1 is 1.44 bits per heavy atom. The van der Waals surface area contributed by atoms with Gasteiger partial charge in [0, 0.05) is 0 Å². The molecule has 1 amide bonds. The van der Waals surface area contributed by atoms with E-state index in [-0.39, 0.29) is 11.9 Å². The Morgan fingerprint density at radius 3 is 2.50 bits per heavy atom. The van der Waals surface area contributed by atoms with Gasteiger partial charge in [0.2, 0.25) is 5.91 Å². The van der Waals surface area contributed by atoms with E-state index >= 15 is 0 Å². The molecular weight excluding hydrogens is 204 g/mol. The van der Waals surface area contributed by atoms with E-state index in [1.807, 2.05) is 20.8 Å². The zero-order chi connectivity index (χ0) is 12.6. The van der Waals surface area contributed by atoms with E-state index < -0.39 is 6.04 Å². The summed E-state index contributed by atoms with van der Waals surface area (Å²) in [7, 11) is 0. The molecule has 0 unspecified atom stereocenters. The largest absolute Gasteiger partial charge is 0.345 e. The van der Waals surface area contributed by atoms with E-state index in [2.05, 4.69) is 5.32 Å². The highest BCUT2D eigenvalue weighted by Gasteiger charge is 2.18. The average Bonchev–Trinajstić information content (AvgIpc) is 2.22. The molecule has 4 heteroatoms. The van der Waals surface area contributed by atoms with Crippen LogP contribution >= 0.6 is 0 Å². The van der Waals surface area contributed by atoms with Gasteiger partial charge in [0.1, 0.15) is 6.29 Å². The highest BCUT2D eigenvalue weighted by Crippen LogP contribution is 2.04. The molecule has 94 valence electrons. The van der Waals surface area contributed by atoms with Gasteiger partial charge in [0.15, 0.2) is 0 Å². The fraction of sp³-hybridized carbons (Fsp3) is 0.833. The van der Waals surface area contributed by atoms with Gasteiger partial charge in [-0.05, 0) is 18.8 Å². The summed E-state index contributed by atoms with van der Waals surface area (Å²) in [5, 5.41) is 2.67. The van der Waals surface area contributed by atoms with E-state index in [1.165, 1.54) is 0 Å². The summed E-state index contributed by atoms with van der Waals surface area (Å²) in [5.41, 5.74) is 5.72. The average molecular weight is 228 g/mol. The molecule has 0 aromatic rings. The molecule has 3 N–H and O–H groups in total. The lowest BCUT2D eigenvalue weighted by Gasteiger charge is -2.17. The maximum atomic E-state index is 11.6. The second-order valence-corrected chi connectivity index (χ2v) is 4.63. The summed E-state index contributed by atoms with van der Waals surface area (Å²) in [6.45, 7) is 6.08. The smallest absolute Gasteiger partial charge is 0.237 e. The van der Waals surface area contributed by atoms with Gasteiger partial charge >= 0.3 is 0 Å². The molecule has 0 aliphatic heterocycles. The van der Waals surface area contributed by atoms with Gasteiger partial charge in [-0.2, -0.15) is 0 Å². The number of carbonyl (C=O) groups excluding carboxylic acids is 2. The van der Waals surface area contributed by atoms with Gasteiger partial charge in [0.05, 0.1) is 12.1 Å². The fourth-order valence-corrected chi connectivity index (χ4v) is 1.50. The van der Waals surface area contributed by atoms with E-state index in [4.69, 9.17) is 5.73 Å². The van der Waals surface area contributed by atoms with Crippen molar-refractivity contribution in [3.05, 3.63) is 0 Å². The minimum atomic E-state index is -0.510. The summed E-state index contributed by atoms with van der Waals surface area (Å²) in [5.74, 6) is 0.160. The Morgan fingerprint density at radius 2 is 2.06 bits per heavy atom. The van der Waals surface area contributed by atoms with Crippen molar-refractivity contribution >= 4 is 12.2 Å². The van der Waals surface area contributed by atoms with E-state index in [0.717, 1.165) is 19.1 Å². The predicted molar refractivity (Wildman–Crippen MR) is 65.0 cm³/mol. The molecule has 0 aliphatic carbocycles. The van der Waals surface area contributed by atoms with E-state index in [1.54, 1.807) is 0 Å². The molecule has 0 aliphatic rings. The van der Waals surface area contributed by atoms with Crippen LogP contribution in [-0.2, 0) is 9.59 Å². The summed E-state index contributed by atoms with van der Waals surface area (Å²) in [4.78, 5) is 22.4. The molecule has 0 aromatic heterocycles. The number of amides is 1. The van der Waals surface area contributed by atoms with Crippen molar-refractivity contribution < 1.29 is 9.59 Å². The first-order valence-corrected chi connectivity index (χ1v) is 6.02. The zero-order valence-electron chi connectivity index (χ0n) is 10.5. The molecule has 0 spiro atoms. The first-order valence-electron chi connectivity index (χ1n) is 6.02. The molecule has 0 saturated carbocycles. The van der Waals surface area contributed by atoms with Crippen molar-refractivity contribution in [1.29, 1.82) is 0 Å². The number of aldehydes is 1. The van der Waals surface area contributed by atoms with Crippen molar-refractivity contribution in [2.75, 3.05) is 0 Å². The SMILES string of the molecule is CCCC[C@@H](C=O)NC(=O)[C@@H](N)CC(C)C. The molecule has 0 bridgehead atoms. The molecule has 16 heavy (non-hydrogen) atoms. The molecule has 0 aromatic carbocycles. The standard InChI is InChI=1S/C12H24N2O2/c1-4-5-6-10(8-15)14-12(16)11(13)7-9(2)3/h8-11H,4-7,13H2,1-3H3,(H,14,16)/t10-,11-/m0/s1. The minimum Gasteiger partial charge on any atom is -0.345 e. The number of hydrogen-bond donors (Lipinski definition) is 2. The highest BCUT2D eigenvalue weighted by atomic mass is 16.2. The first kappa shape index (κ1) is 15.1. The van der Waals surface area contributed by atoms with Gasteiger partial charge in [0.25, 0.3) is 0 Å². The van der Waals surface area contributed by atoms with Crippen molar-refractivity contribution in [3.8, 4) is 0 Å². The van der Waals surface area contributed by atoms with Crippen LogP contribution in [0.2, 0.25) is 0 Å². The second-order valence-electron chi connectivity index (χ2n) is 4.63. The van der Waals surface area contributed by atoms with Crippen LogP contribution in [0.1, 0.15) is 46.5 Å². The van der Waals surface area contributed by atoms with Crippen LogP contribution in [0.3, 0.4) is 0 Å². The number of nitrogens with two attached hydrogens (primary N) is 1. The van der Waals surface area contributed by atoms with Crippen LogP contribution in [0.25, 0.3) is 0 Å². The quantitative estimate of drug-likeness (QED) is 0.614. The number of rotatable bonds is 8. The third kappa shape index (κ3) is 6.56. The molecule has 0 rings (SSSR count). The maximum Gasteiger partial charge on any atom is 0.237 e. The Balaban J connectivity index is 4.03. The van der Waals surface area contributed by atoms with Crippen LogP contribution in [0.15, 0.2) is 0 Å². The number of nitrogens with one attached hydrogen (secondary N) is 1. The monoisotopic (exact) mass is 228 g/mol. The number of carbonyl (C=O) groups is 2. The van der Waals surface area contributed by atoms with E-state index in [9.17, 15) is 9.59 Å². The molecule has 0 saturated heterocycles. The van der Waals surface area contributed by atoms with Gasteiger partial charge in [-0.3, -0.25) is 4.79 Å². The van der Waals surface area contributed by atoms with Crippen LogP contribution in [-0.4, -0.2) is 24.3 Å². The predicted octanol–water partition coefficient (Wildman–Crippen LogP) is 1.23.